The third kappa shape index (κ3) is 2.56. The van der Waals surface area contributed by atoms with Crippen molar-refractivity contribution >= 4 is 10.0 Å². The fourth-order valence-electron chi connectivity index (χ4n) is 1.24. The zero-order valence-corrected chi connectivity index (χ0v) is 9.37. The van der Waals surface area contributed by atoms with E-state index in [4.69, 9.17) is 5.26 Å². The number of nitrogens with one attached hydrogen (secondary N) is 1. The van der Waals surface area contributed by atoms with Crippen LogP contribution in [0.3, 0.4) is 0 Å². The van der Waals surface area contributed by atoms with Crippen LogP contribution >= 0.6 is 0 Å². The summed E-state index contributed by atoms with van der Waals surface area (Å²) in [6, 6.07) is 4.62. The second-order valence-electron chi connectivity index (χ2n) is 3.79. The van der Waals surface area contributed by atoms with Crippen LogP contribution in [0.25, 0.3) is 0 Å². The van der Waals surface area contributed by atoms with Crippen LogP contribution in [0.4, 0.5) is 0 Å². The zero-order chi connectivity index (χ0) is 11.6. The fraction of sp³-hybridized carbons (Fsp3) is 0.400. The first-order valence-corrected chi connectivity index (χ1v) is 6.46. The Bertz CT molecular complexity index is 512. The quantitative estimate of drug-likeness (QED) is 0.833. The summed E-state index contributed by atoms with van der Waals surface area (Å²) in [6.45, 7) is 0.488. The molecule has 1 aromatic heterocycles. The number of hydrogen-bond acceptors (Lipinski definition) is 4. The molecule has 0 aromatic carbocycles. The topological polar surface area (TPSA) is 82.8 Å². The lowest BCUT2D eigenvalue weighted by atomic mass is 10.4. The lowest BCUT2D eigenvalue weighted by Gasteiger charge is -2.04. The number of sulfonamides is 1. The van der Waals surface area contributed by atoms with Gasteiger partial charge in [-0.2, -0.15) is 5.26 Å². The van der Waals surface area contributed by atoms with Gasteiger partial charge in [-0.3, -0.25) is 0 Å². The molecule has 0 saturated heterocycles. The third-order valence-corrected chi connectivity index (χ3v) is 3.83. The average molecular weight is 237 g/mol. The third-order valence-electron chi connectivity index (χ3n) is 2.42. The first kappa shape index (κ1) is 11.0. The molecule has 84 valence electrons. The Kier molecular flexibility index (Phi) is 2.90. The molecule has 1 aliphatic carbocycles. The second-order valence-corrected chi connectivity index (χ2v) is 5.55. The van der Waals surface area contributed by atoms with Gasteiger partial charge in [0.1, 0.15) is 16.7 Å². The summed E-state index contributed by atoms with van der Waals surface area (Å²) in [7, 11) is -3.46. The molecule has 1 saturated carbocycles. The molecule has 1 N–H and O–H groups in total. The summed E-state index contributed by atoms with van der Waals surface area (Å²) < 4.78 is 26.0. The van der Waals surface area contributed by atoms with Crippen molar-refractivity contribution in [2.24, 2.45) is 5.92 Å². The Hall–Kier alpha value is -1.45. The number of nitrogens with zero attached hydrogens (tertiary/aromatic N) is 2. The highest BCUT2D eigenvalue weighted by Gasteiger charge is 2.24. The van der Waals surface area contributed by atoms with Gasteiger partial charge in [0.2, 0.25) is 10.0 Å². The van der Waals surface area contributed by atoms with Crippen LogP contribution in [0.2, 0.25) is 0 Å². The summed E-state index contributed by atoms with van der Waals surface area (Å²) in [4.78, 5) is 3.83. The van der Waals surface area contributed by atoms with Gasteiger partial charge in [0.15, 0.2) is 0 Å². The van der Waals surface area contributed by atoms with Gasteiger partial charge in [-0.25, -0.2) is 18.1 Å². The summed E-state index contributed by atoms with van der Waals surface area (Å²) in [5, 5.41) is 8.54. The Morgan fingerprint density at radius 1 is 1.50 bits per heavy atom. The van der Waals surface area contributed by atoms with Crippen molar-refractivity contribution in [2.45, 2.75) is 17.7 Å². The molecule has 0 unspecified atom stereocenters. The van der Waals surface area contributed by atoms with Crippen LogP contribution in [0.15, 0.2) is 23.2 Å². The Balaban J connectivity index is 2.11. The summed E-state index contributed by atoms with van der Waals surface area (Å²) in [6.07, 6.45) is 3.38. The van der Waals surface area contributed by atoms with Crippen molar-refractivity contribution in [1.29, 1.82) is 5.26 Å². The highest BCUT2D eigenvalue weighted by Crippen LogP contribution is 2.28. The minimum atomic E-state index is -3.46. The molecule has 1 heterocycles. The van der Waals surface area contributed by atoms with Crippen LogP contribution in [0.1, 0.15) is 18.5 Å². The van der Waals surface area contributed by atoms with Gasteiger partial charge >= 0.3 is 0 Å². The molecule has 0 amide bonds. The van der Waals surface area contributed by atoms with Crippen molar-refractivity contribution in [3.05, 3.63) is 24.0 Å². The predicted octanol–water partition coefficient (Wildman–Crippen LogP) is 0.642. The van der Waals surface area contributed by atoms with E-state index in [1.54, 1.807) is 0 Å². The van der Waals surface area contributed by atoms with Crippen molar-refractivity contribution in [3.8, 4) is 6.07 Å². The van der Waals surface area contributed by atoms with Gasteiger partial charge in [-0.05, 0) is 30.9 Å². The molecule has 2 rings (SSSR count). The lowest BCUT2D eigenvalue weighted by Crippen LogP contribution is -2.25. The standard InChI is InChI=1S/C10H11N3O2S/c11-5-9-3-4-10(7-12-9)16(14,15)13-6-8-1-2-8/h3-4,7-8,13H,1-2,6H2. The van der Waals surface area contributed by atoms with Gasteiger partial charge < -0.3 is 0 Å². The molecule has 0 aliphatic heterocycles. The zero-order valence-electron chi connectivity index (χ0n) is 8.55. The fourth-order valence-corrected chi connectivity index (χ4v) is 2.30. The van der Waals surface area contributed by atoms with Gasteiger partial charge in [0.05, 0.1) is 0 Å². The molecule has 16 heavy (non-hydrogen) atoms. The average Bonchev–Trinajstić information content (AvgIpc) is 3.10. The highest BCUT2D eigenvalue weighted by atomic mass is 32.2. The van der Waals surface area contributed by atoms with Gasteiger partial charge in [-0.15, -0.1) is 0 Å². The summed E-state index contributed by atoms with van der Waals surface area (Å²) >= 11 is 0. The maximum absolute atomic E-state index is 11.7. The maximum atomic E-state index is 11.7. The molecule has 0 bridgehead atoms. The van der Waals surface area contributed by atoms with Crippen LogP contribution in [0.5, 0.6) is 0 Å². The predicted molar refractivity (Wildman–Crippen MR) is 56.9 cm³/mol. The van der Waals surface area contributed by atoms with Crippen molar-refractivity contribution < 1.29 is 8.42 Å². The van der Waals surface area contributed by atoms with E-state index in [0.29, 0.717) is 12.5 Å². The molecule has 1 aromatic rings. The minimum absolute atomic E-state index is 0.104. The van der Waals surface area contributed by atoms with Crippen LogP contribution < -0.4 is 4.72 Å². The number of aromatic nitrogens is 1. The molecule has 5 nitrogen and oxygen atoms in total. The van der Waals surface area contributed by atoms with E-state index < -0.39 is 10.0 Å². The molecule has 0 atom stereocenters. The van der Waals surface area contributed by atoms with Gasteiger partial charge in [-0.1, -0.05) is 0 Å². The number of rotatable bonds is 4. The number of hydrogen-bond donors (Lipinski definition) is 1. The van der Waals surface area contributed by atoms with E-state index in [9.17, 15) is 8.42 Å². The van der Waals surface area contributed by atoms with Crippen LogP contribution in [-0.2, 0) is 10.0 Å². The van der Waals surface area contributed by atoms with E-state index in [0.717, 1.165) is 12.8 Å². The summed E-state index contributed by atoms with van der Waals surface area (Å²) in [5.41, 5.74) is 0.209. The van der Waals surface area contributed by atoms with E-state index in [1.165, 1.54) is 18.3 Å². The van der Waals surface area contributed by atoms with E-state index >= 15 is 0 Å². The maximum Gasteiger partial charge on any atom is 0.242 e. The Morgan fingerprint density at radius 3 is 2.75 bits per heavy atom. The largest absolute Gasteiger partial charge is 0.244 e. The molecule has 1 aliphatic rings. The molecule has 1 fully saturated rings. The smallest absolute Gasteiger partial charge is 0.242 e. The number of pyridine rings is 1. The Morgan fingerprint density at radius 2 is 2.25 bits per heavy atom. The van der Waals surface area contributed by atoms with Crippen molar-refractivity contribution in [2.75, 3.05) is 6.54 Å². The molecule has 0 spiro atoms. The minimum Gasteiger partial charge on any atom is -0.244 e. The molecule has 0 radical (unpaired) electrons. The van der Waals surface area contributed by atoms with Gasteiger partial charge in [0.25, 0.3) is 0 Å². The van der Waals surface area contributed by atoms with E-state index in [-0.39, 0.29) is 10.6 Å². The highest BCUT2D eigenvalue weighted by molar-refractivity contribution is 7.89. The first-order valence-electron chi connectivity index (χ1n) is 4.97. The van der Waals surface area contributed by atoms with Crippen LogP contribution in [0, 0.1) is 17.2 Å². The van der Waals surface area contributed by atoms with Gasteiger partial charge in [0, 0.05) is 12.7 Å². The van der Waals surface area contributed by atoms with E-state index in [1.807, 2.05) is 6.07 Å². The monoisotopic (exact) mass is 237 g/mol. The lowest BCUT2D eigenvalue weighted by molar-refractivity contribution is 0.577. The Labute approximate surface area is 94.2 Å². The van der Waals surface area contributed by atoms with Crippen LogP contribution in [-0.4, -0.2) is 19.9 Å². The molecular weight excluding hydrogens is 226 g/mol. The normalized spacial score (nSPS) is 15.7. The second kappa shape index (κ2) is 4.20. The van der Waals surface area contributed by atoms with E-state index in [2.05, 4.69) is 9.71 Å². The molecular formula is C10H11N3O2S. The SMILES string of the molecule is N#Cc1ccc(S(=O)(=O)NCC2CC2)cn1. The van der Waals surface area contributed by atoms with Crippen molar-refractivity contribution in [3.63, 3.8) is 0 Å². The van der Waals surface area contributed by atoms with Crippen molar-refractivity contribution in [1.82, 2.24) is 9.71 Å². The summed E-state index contributed by atoms with van der Waals surface area (Å²) in [5.74, 6) is 0.487. The molecule has 6 heteroatoms. The first-order chi connectivity index (χ1) is 7.62. The number of nitriles is 1.